The first-order valence-electron chi connectivity index (χ1n) is 12.4. The molecule has 0 bridgehead atoms. The average molecular weight is 549 g/mol. The third-order valence-corrected chi connectivity index (χ3v) is 7.61. The number of rotatable bonds is 11. The van der Waals surface area contributed by atoms with Gasteiger partial charge in [0.05, 0.1) is 37.8 Å². The number of anilines is 1. The summed E-state index contributed by atoms with van der Waals surface area (Å²) in [5.74, 6) is -0.140. The number of aromatic amines is 1. The monoisotopic (exact) mass is 548 g/mol. The largest absolute Gasteiger partial charge is 0.462 e. The van der Waals surface area contributed by atoms with E-state index in [1.165, 1.54) is 13.3 Å². The van der Waals surface area contributed by atoms with E-state index >= 15 is 0 Å². The number of benzene rings is 1. The lowest BCUT2D eigenvalue weighted by Gasteiger charge is -2.24. The quantitative estimate of drug-likeness (QED) is 0.237. The molecular weight excluding hydrogens is 515 g/mol. The molecule has 0 radical (unpaired) electrons. The van der Waals surface area contributed by atoms with Crippen LogP contribution >= 0.6 is 7.75 Å². The number of fused-ring (bicyclic) bond motifs is 1. The van der Waals surface area contributed by atoms with Crippen LogP contribution < -0.4 is 20.9 Å². The molecule has 2 aromatic heterocycles. The van der Waals surface area contributed by atoms with Crippen molar-refractivity contribution in [3.05, 3.63) is 47.0 Å². The number of hydrogen-bond acceptors (Lipinski definition) is 10. The first kappa shape index (κ1) is 27.8. The second-order valence-corrected chi connectivity index (χ2v) is 11.3. The Labute approximate surface area is 219 Å². The Kier molecular flexibility index (Phi) is 8.51. The SMILES string of the molecule is CC(C)OC(=O)C(C)NP(=O)(OCC1CC(C)C(Cn2cnc3c(=O)[nH]c(N)nc32)O1)Oc1ccccc1. The number of imidazole rings is 1. The predicted molar refractivity (Wildman–Crippen MR) is 139 cm³/mol. The van der Waals surface area contributed by atoms with Crippen molar-refractivity contribution in [3.8, 4) is 5.75 Å². The number of aromatic nitrogens is 4. The third kappa shape index (κ3) is 6.79. The average Bonchev–Trinajstić information content (AvgIpc) is 3.41. The predicted octanol–water partition coefficient (Wildman–Crippen LogP) is 2.63. The van der Waals surface area contributed by atoms with E-state index in [2.05, 4.69) is 20.0 Å². The number of nitrogens with two attached hydrogens (primary N) is 1. The molecule has 1 aromatic carbocycles. The minimum atomic E-state index is -4.00. The summed E-state index contributed by atoms with van der Waals surface area (Å²) in [5, 5.41) is 2.68. The molecule has 13 nitrogen and oxygen atoms in total. The third-order valence-electron chi connectivity index (χ3n) is 5.96. The standard InChI is InChI=1S/C24H33N6O7P/c1-14(2)35-23(32)16(4)29-38(33,37-17-8-6-5-7-9-17)34-12-18-10-15(3)19(36-18)11-30-13-26-20-21(30)27-24(25)28-22(20)31/h5-9,13-16,18-19H,10-12H2,1-4H3,(H,29,33)(H3,25,27,28,31). The lowest BCUT2D eigenvalue weighted by atomic mass is 10.0. The van der Waals surface area contributed by atoms with E-state index in [4.69, 9.17) is 24.3 Å². The number of esters is 1. The summed E-state index contributed by atoms with van der Waals surface area (Å²) in [7, 11) is -4.00. The maximum atomic E-state index is 13.7. The highest BCUT2D eigenvalue weighted by Gasteiger charge is 2.37. The van der Waals surface area contributed by atoms with Crippen molar-refractivity contribution in [1.29, 1.82) is 0 Å². The van der Waals surface area contributed by atoms with Crippen molar-refractivity contribution in [2.75, 3.05) is 12.3 Å². The molecule has 1 saturated heterocycles. The van der Waals surface area contributed by atoms with Gasteiger partial charge in [0.15, 0.2) is 11.2 Å². The van der Waals surface area contributed by atoms with Gasteiger partial charge in [0.25, 0.3) is 5.56 Å². The van der Waals surface area contributed by atoms with Gasteiger partial charge in [0.1, 0.15) is 11.8 Å². The van der Waals surface area contributed by atoms with Crippen molar-refractivity contribution in [2.24, 2.45) is 5.92 Å². The fourth-order valence-electron chi connectivity index (χ4n) is 4.15. The summed E-state index contributed by atoms with van der Waals surface area (Å²) in [5.41, 5.74) is 5.85. The fraction of sp³-hybridized carbons (Fsp3) is 0.500. The molecule has 1 aliphatic heterocycles. The van der Waals surface area contributed by atoms with E-state index in [1.807, 2.05) is 6.92 Å². The van der Waals surface area contributed by atoms with Crippen molar-refractivity contribution in [2.45, 2.75) is 65.0 Å². The molecule has 3 aromatic rings. The summed E-state index contributed by atoms with van der Waals surface area (Å²) in [4.78, 5) is 35.2. The molecule has 14 heteroatoms. The summed E-state index contributed by atoms with van der Waals surface area (Å²) in [6.07, 6.45) is 1.19. The van der Waals surface area contributed by atoms with Crippen LogP contribution in [0.25, 0.3) is 11.2 Å². The van der Waals surface area contributed by atoms with Gasteiger partial charge in [-0.1, -0.05) is 25.1 Å². The Balaban J connectivity index is 1.42. The number of nitrogen functional groups attached to an aromatic ring is 1. The fourth-order valence-corrected chi connectivity index (χ4v) is 5.67. The zero-order chi connectivity index (χ0) is 27.4. The zero-order valence-electron chi connectivity index (χ0n) is 21.7. The van der Waals surface area contributed by atoms with Gasteiger partial charge in [-0.25, -0.2) is 9.55 Å². The molecule has 38 heavy (non-hydrogen) atoms. The molecule has 5 unspecified atom stereocenters. The number of H-pyrrole nitrogens is 1. The molecule has 1 fully saturated rings. The Morgan fingerprint density at radius 1 is 1.32 bits per heavy atom. The highest BCUT2D eigenvalue weighted by Crippen LogP contribution is 2.45. The lowest BCUT2D eigenvalue weighted by Crippen LogP contribution is -2.36. The molecule has 5 atom stereocenters. The van der Waals surface area contributed by atoms with Gasteiger partial charge in [0.2, 0.25) is 5.95 Å². The molecule has 0 saturated carbocycles. The second-order valence-electron chi connectivity index (χ2n) is 9.56. The Morgan fingerprint density at radius 2 is 2.05 bits per heavy atom. The van der Waals surface area contributed by atoms with Gasteiger partial charge in [-0.05, 0) is 45.2 Å². The highest BCUT2D eigenvalue weighted by atomic mass is 31.2. The topological polar surface area (TPSA) is 173 Å². The van der Waals surface area contributed by atoms with Gasteiger partial charge < -0.3 is 24.3 Å². The van der Waals surface area contributed by atoms with E-state index in [0.717, 1.165) is 0 Å². The number of para-hydroxylation sites is 1. The number of carbonyl (C=O) groups excluding carboxylic acids is 1. The number of carbonyl (C=O) groups is 1. The van der Waals surface area contributed by atoms with E-state index in [0.29, 0.717) is 24.4 Å². The Morgan fingerprint density at radius 3 is 2.76 bits per heavy atom. The van der Waals surface area contributed by atoms with Gasteiger partial charge in [-0.15, -0.1) is 0 Å². The van der Waals surface area contributed by atoms with Crippen LogP contribution in [0.1, 0.15) is 34.1 Å². The first-order valence-corrected chi connectivity index (χ1v) is 13.9. The molecule has 1 aliphatic rings. The van der Waals surface area contributed by atoms with Crippen LogP contribution in [-0.2, 0) is 29.9 Å². The molecular formula is C24H33N6O7P. The number of ether oxygens (including phenoxy) is 2. The summed E-state index contributed by atoms with van der Waals surface area (Å²) >= 11 is 0. The normalized spacial score (nSPS) is 21.9. The second kappa shape index (κ2) is 11.6. The first-order chi connectivity index (χ1) is 18.0. The molecule has 206 valence electrons. The van der Waals surface area contributed by atoms with Gasteiger partial charge in [-0.2, -0.15) is 10.1 Å². The van der Waals surface area contributed by atoms with Crippen molar-refractivity contribution >= 4 is 30.8 Å². The highest BCUT2D eigenvalue weighted by molar-refractivity contribution is 7.52. The minimum absolute atomic E-state index is 0.00379. The number of nitrogens with one attached hydrogen (secondary N) is 2. The molecule has 4 rings (SSSR count). The van der Waals surface area contributed by atoms with Crippen molar-refractivity contribution < 1.29 is 27.9 Å². The molecule has 0 aliphatic carbocycles. The van der Waals surface area contributed by atoms with Gasteiger partial charge in [-0.3, -0.25) is 19.1 Å². The van der Waals surface area contributed by atoms with Crippen molar-refractivity contribution in [3.63, 3.8) is 0 Å². The van der Waals surface area contributed by atoms with Crippen LogP contribution in [0.2, 0.25) is 0 Å². The van der Waals surface area contributed by atoms with E-state index in [1.54, 1.807) is 48.7 Å². The van der Waals surface area contributed by atoms with Crippen LogP contribution in [-0.4, -0.2) is 56.4 Å². The zero-order valence-corrected chi connectivity index (χ0v) is 22.6. The summed E-state index contributed by atoms with van der Waals surface area (Å²) in [6.45, 7) is 7.36. The maximum absolute atomic E-state index is 13.7. The van der Waals surface area contributed by atoms with Crippen LogP contribution in [0.4, 0.5) is 5.95 Å². The smallest absolute Gasteiger partial charge is 0.459 e. The lowest BCUT2D eigenvalue weighted by molar-refractivity contribution is -0.149. The minimum Gasteiger partial charge on any atom is -0.462 e. The van der Waals surface area contributed by atoms with Crippen LogP contribution in [0.3, 0.4) is 0 Å². The molecule has 0 spiro atoms. The van der Waals surface area contributed by atoms with Crippen molar-refractivity contribution in [1.82, 2.24) is 24.6 Å². The van der Waals surface area contributed by atoms with E-state index < -0.39 is 31.4 Å². The van der Waals surface area contributed by atoms with Gasteiger partial charge in [0, 0.05) is 0 Å². The molecule has 0 amide bonds. The van der Waals surface area contributed by atoms with E-state index in [9.17, 15) is 14.2 Å². The van der Waals surface area contributed by atoms with E-state index in [-0.39, 0.29) is 36.2 Å². The number of hydrogen-bond donors (Lipinski definition) is 3. The number of nitrogens with zero attached hydrogens (tertiary/aromatic N) is 3. The maximum Gasteiger partial charge on any atom is 0.459 e. The summed E-state index contributed by atoms with van der Waals surface area (Å²) in [6, 6.07) is 7.60. The Bertz CT molecular complexity index is 1360. The molecule has 3 heterocycles. The van der Waals surface area contributed by atoms with Crippen LogP contribution in [0.15, 0.2) is 41.5 Å². The Hall–Kier alpha value is -3.25. The summed E-state index contributed by atoms with van der Waals surface area (Å²) < 4.78 is 38.3. The molecule has 4 N–H and O–H groups in total. The van der Waals surface area contributed by atoms with Gasteiger partial charge >= 0.3 is 13.7 Å². The van der Waals surface area contributed by atoms with Crippen LogP contribution in [0, 0.1) is 5.92 Å². The van der Waals surface area contributed by atoms with Crippen LogP contribution in [0.5, 0.6) is 5.75 Å².